The van der Waals surface area contributed by atoms with Gasteiger partial charge in [-0.3, -0.25) is 9.59 Å². The Balaban J connectivity index is 2.21. The van der Waals surface area contributed by atoms with Crippen LogP contribution in [0, 0.1) is 0 Å². The van der Waals surface area contributed by atoms with E-state index < -0.39 is 23.8 Å². The van der Waals surface area contributed by atoms with E-state index in [9.17, 15) is 19.2 Å². The summed E-state index contributed by atoms with van der Waals surface area (Å²) >= 11 is 0. The molecule has 7 nitrogen and oxygen atoms in total. The number of hydrogen-bond acceptors (Lipinski definition) is 6. The van der Waals surface area contributed by atoms with Gasteiger partial charge in [-0.2, -0.15) is 0 Å². The molecule has 1 aliphatic rings. The van der Waals surface area contributed by atoms with E-state index in [4.69, 9.17) is 9.57 Å². The van der Waals surface area contributed by atoms with Crippen molar-refractivity contribution in [3.05, 3.63) is 35.4 Å². The van der Waals surface area contributed by atoms with Crippen LogP contribution in [0.5, 0.6) is 0 Å². The molecule has 1 aliphatic heterocycles. The Kier molecular flexibility index (Phi) is 4.32. The van der Waals surface area contributed by atoms with Gasteiger partial charge < -0.3 is 9.57 Å². The molecule has 7 heteroatoms. The second-order valence-corrected chi connectivity index (χ2v) is 4.23. The number of amides is 2. The van der Waals surface area contributed by atoms with Crippen LogP contribution in [-0.4, -0.2) is 35.4 Å². The lowest BCUT2D eigenvalue weighted by Crippen LogP contribution is -2.32. The zero-order chi connectivity index (χ0) is 15.4. The lowest BCUT2D eigenvalue weighted by atomic mass is 10.1. The molecule has 1 fully saturated rings. The molecule has 110 valence electrons. The van der Waals surface area contributed by atoms with Crippen molar-refractivity contribution in [3.63, 3.8) is 0 Å². The zero-order valence-electron chi connectivity index (χ0n) is 11.3. The van der Waals surface area contributed by atoms with E-state index in [2.05, 4.69) is 0 Å². The van der Waals surface area contributed by atoms with Gasteiger partial charge in [0.05, 0.1) is 17.7 Å². The summed E-state index contributed by atoms with van der Waals surface area (Å²) in [6.07, 6.45) is 0.0112. The molecule has 21 heavy (non-hydrogen) atoms. The molecule has 0 aliphatic carbocycles. The van der Waals surface area contributed by atoms with Gasteiger partial charge in [0.2, 0.25) is 0 Å². The Bertz CT molecular complexity index is 593. The molecule has 1 aromatic rings. The Morgan fingerprint density at radius 3 is 2.10 bits per heavy atom. The molecule has 0 unspecified atom stereocenters. The molecule has 0 saturated carbocycles. The number of benzene rings is 1. The largest absolute Gasteiger partial charge is 0.462 e. The zero-order valence-corrected chi connectivity index (χ0v) is 11.3. The molecule has 1 heterocycles. The minimum absolute atomic E-state index is 0.00559. The molecule has 2 amide bonds. The summed E-state index contributed by atoms with van der Waals surface area (Å²) in [5, 5.41) is 0.435. The fourth-order valence-electron chi connectivity index (χ4n) is 1.84. The normalized spacial score (nSPS) is 14.2. The van der Waals surface area contributed by atoms with Gasteiger partial charge in [0, 0.05) is 12.8 Å². The number of hydroxylamine groups is 2. The molecular weight excluding hydrogens is 278 g/mol. The molecule has 0 N–H and O–H groups in total. The SMILES string of the molecule is CCOC(=O)c1ccccc1C(=O)ON1C(=O)CCC1=O. The predicted molar refractivity (Wildman–Crippen MR) is 68.9 cm³/mol. The van der Waals surface area contributed by atoms with Crippen LogP contribution >= 0.6 is 0 Å². The second kappa shape index (κ2) is 6.17. The van der Waals surface area contributed by atoms with Crippen molar-refractivity contribution in [1.29, 1.82) is 0 Å². The third kappa shape index (κ3) is 3.07. The summed E-state index contributed by atoms with van der Waals surface area (Å²) < 4.78 is 4.84. The van der Waals surface area contributed by atoms with Crippen LogP contribution in [0.15, 0.2) is 24.3 Å². The molecule has 0 bridgehead atoms. The first-order valence-corrected chi connectivity index (χ1v) is 6.38. The lowest BCUT2D eigenvalue weighted by molar-refractivity contribution is -0.172. The quantitative estimate of drug-likeness (QED) is 0.609. The third-order valence-corrected chi connectivity index (χ3v) is 2.82. The fraction of sp³-hybridized carbons (Fsp3) is 0.286. The van der Waals surface area contributed by atoms with Gasteiger partial charge in [-0.05, 0) is 19.1 Å². The smallest absolute Gasteiger partial charge is 0.364 e. The van der Waals surface area contributed by atoms with Gasteiger partial charge >= 0.3 is 11.9 Å². The maximum Gasteiger partial charge on any atom is 0.364 e. The highest BCUT2D eigenvalue weighted by atomic mass is 16.7. The van der Waals surface area contributed by atoms with Crippen LogP contribution in [0.25, 0.3) is 0 Å². The van der Waals surface area contributed by atoms with Crippen molar-refractivity contribution < 1.29 is 28.8 Å². The Morgan fingerprint density at radius 2 is 1.57 bits per heavy atom. The van der Waals surface area contributed by atoms with E-state index in [0.717, 1.165) is 0 Å². The molecule has 0 radical (unpaired) electrons. The van der Waals surface area contributed by atoms with E-state index in [0.29, 0.717) is 5.06 Å². The van der Waals surface area contributed by atoms with Gasteiger partial charge in [-0.25, -0.2) is 9.59 Å². The van der Waals surface area contributed by atoms with Crippen molar-refractivity contribution >= 4 is 23.8 Å². The molecule has 0 atom stereocenters. The molecular formula is C14H13NO6. The monoisotopic (exact) mass is 291 g/mol. The van der Waals surface area contributed by atoms with Gasteiger partial charge in [0.15, 0.2) is 0 Å². The van der Waals surface area contributed by atoms with E-state index in [1.54, 1.807) is 13.0 Å². The van der Waals surface area contributed by atoms with Crippen molar-refractivity contribution in [2.45, 2.75) is 19.8 Å². The van der Waals surface area contributed by atoms with Crippen molar-refractivity contribution in [3.8, 4) is 0 Å². The Labute approximate surface area is 120 Å². The number of imide groups is 1. The maximum atomic E-state index is 12.0. The molecule has 1 aromatic carbocycles. The van der Waals surface area contributed by atoms with Gasteiger partial charge in [-0.1, -0.05) is 12.1 Å². The summed E-state index contributed by atoms with van der Waals surface area (Å²) in [7, 11) is 0. The molecule has 0 spiro atoms. The maximum absolute atomic E-state index is 12.0. The molecule has 2 rings (SSSR count). The third-order valence-electron chi connectivity index (χ3n) is 2.82. The minimum Gasteiger partial charge on any atom is -0.462 e. The number of nitrogens with zero attached hydrogens (tertiary/aromatic N) is 1. The molecule has 0 aromatic heterocycles. The van der Waals surface area contributed by atoms with Crippen molar-refractivity contribution in [2.24, 2.45) is 0 Å². The van der Waals surface area contributed by atoms with Gasteiger partial charge in [-0.15, -0.1) is 5.06 Å². The highest BCUT2D eigenvalue weighted by Gasteiger charge is 2.34. The highest BCUT2D eigenvalue weighted by molar-refractivity contribution is 6.06. The minimum atomic E-state index is -0.956. The van der Waals surface area contributed by atoms with E-state index in [1.807, 2.05) is 0 Å². The summed E-state index contributed by atoms with van der Waals surface area (Å²) in [5.41, 5.74) is -0.0492. The number of carbonyl (C=O) groups excluding carboxylic acids is 4. The average molecular weight is 291 g/mol. The van der Waals surface area contributed by atoms with E-state index >= 15 is 0 Å². The standard InChI is InChI=1S/C14H13NO6/c1-2-20-13(18)9-5-3-4-6-10(9)14(19)21-15-11(16)7-8-12(15)17/h3-6H,2,7-8H2,1H3. The summed E-state index contributed by atoms with van der Waals surface area (Å²) in [6, 6.07) is 5.87. The van der Waals surface area contributed by atoms with Crippen molar-refractivity contribution in [1.82, 2.24) is 5.06 Å². The number of carbonyl (C=O) groups is 4. The van der Waals surface area contributed by atoms with E-state index in [-0.39, 0.29) is 30.6 Å². The van der Waals surface area contributed by atoms with Crippen LogP contribution < -0.4 is 0 Å². The fourth-order valence-corrected chi connectivity index (χ4v) is 1.84. The first-order chi connectivity index (χ1) is 10.0. The van der Waals surface area contributed by atoms with Crippen LogP contribution in [0.3, 0.4) is 0 Å². The molecule has 1 saturated heterocycles. The van der Waals surface area contributed by atoms with Gasteiger partial charge in [0.25, 0.3) is 11.8 Å². The summed E-state index contributed by atoms with van der Waals surface area (Å²) in [5.74, 6) is -2.80. The average Bonchev–Trinajstić information content (AvgIpc) is 2.79. The topological polar surface area (TPSA) is 90.0 Å². The van der Waals surface area contributed by atoms with Crippen LogP contribution in [0.4, 0.5) is 0 Å². The lowest BCUT2D eigenvalue weighted by Gasteiger charge is -2.14. The van der Waals surface area contributed by atoms with Crippen LogP contribution in [-0.2, 0) is 19.2 Å². The summed E-state index contributed by atoms with van der Waals surface area (Å²) in [6.45, 7) is 1.80. The first-order valence-electron chi connectivity index (χ1n) is 6.38. The van der Waals surface area contributed by atoms with Gasteiger partial charge in [0.1, 0.15) is 0 Å². The summed E-state index contributed by atoms with van der Waals surface area (Å²) in [4.78, 5) is 51.4. The Hall–Kier alpha value is -2.70. The highest BCUT2D eigenvalue weighted by Crippen LogP contribution is 2.17. The van der Waals surface area contributed by atoms with Crippen LogP contribution in [0.2, 0.25) is 0 Å². The Morgan fingerprint density at radius 1 is 1.05 bits per heavy atom. The number of rotatable bonds is 4. The number of ether oxygens (including phenoxy) is 1. The van der Waals surface area contributed by atoms with Crippen LogP contribution in [0.1, 0.15) is 40.5 Å². The first kappa shape index (κ1) is 14.7. The van der Waals surface area contributed by atoms with Crippen molar-refractivity contribution in [2.75, 3.05) is 6.61 Å². The predicted octanol–water partition coefficient (Wildman–Crippen LogP) is 1.08. The number of esters is 1. The second-order valence-electron chi connectivity index (χ2n) is 4.23. The van der Waals surface area contributed by atoms with E-state index in [1.165, 1.54) is 18.2 Å². The number of hydrogen-bond donors (Lipinski definition) is 0.